The predicted molar refractivity (Wildman–Crippen MR) is 110 cm³/mol. The number of aryl methyl sites for hydroxylation is 1. The quantitative estimate of drug-likeness (QED) is 0.833. The molecular weight excluding hydrogens is 366 g/mol. The average molecular weight is 393 g/mol. The van der Waals surface area contributed by atoms with Crippen molar-refractivity contribution in [1.82, 2.24) is 4.90 Å². The van der Waals surface area contributed by atoms with Crippen LogP contribution in [0.25, 0.3) is 0 Å². The molecule has 0 amide bonds. The highest BCUT2D eigenvalue weighted by Gasteiger charge is 2.43. The Labute approximate surface area is 171 Å². The average Bonchev–Trinajstić information content (AvgIpc) is 3.30. The Balaban J connectivity index is 1.27. The second kappa shape index (κ2) is 7.38. The van der Waals surface area contributed by atoms with Gasteiger partial charge in [0.05, 0.1) is 13.0 Å². The topological polar surface area (TPSA) is 59.0 Å². The van der Waals surface area contributed by atoms with E-state index in [-0.39, 0.29) is 17.9 Å². The van der Waals surface area contributed by atoms with Gasteiger partial charge in [-0.15, -0.1) is 0 Å². The lowest BCUT2D eigenvalue weighted by molar-refractivity contribution is -0.137. The molecule has 0 aromatic heterocycles. The Morgan fingerprint density at radius 1 is 1.21 bits per heavy atom. The minimum Gasteiger partial charge on any atom is -0.492 e. The number of benzene rings is 2. The van der Waals surface area contributed by atoms with E-state index < -0.39 is 5.97 Å². The molecule has 5 nitrogen and oxygen atoms in total. The number of nitrogens with zero attached hydrogens (tertiary/aromatic N) is 1. The van der Waals surface area contributed by atoms with Crippen LogP contribution < -0.4 is 9.47 Å². The molecule has 0 unspecified atom stereocenters. The maximum atomic E-state index is 10.8. The minimum atomic E-state index is -0.725. The first-order valence-corrected chi connectivity index (χ1v) is 10.6. The van der Waals surface area contributed by atoms with Crippen LogP contribution in [0, 0.1) is 0 Å². The first kappa shape index (κ1) is 18.5. The van der Waals surface area contributed by atoms with E-state index in [0.717, 1.165) is 50.3 Å². The van der Waals surface area contributed by atoms with Crippen molar-refractivity contribution in [2.75, 3.05) is 26.2 Å². The van der Waals surface area contributed by atoms with Gasteiger partial charge in [-0.3, -0.25) is 4.79 Å². The van der Waals surface area contributed by atoms with Gasteiger partial charge in [0.15, 0.2) is 0 Å². The molecule has 1 N–H and O–H groups in total. The number of carboxylic acids is 1. The number of piperidine rings is 1. The van der Waals surface area contributed by atoms with E-state index in [1.54, 1.807) is 0 Å². The Morgan fingerprint density at radius 2 is 2.03 bits per heavy atom. The third-order valence-corrected chi connectivity index (χ3v) is 6.84. The van der Waals surface area contributed by atoms with Gasteiger partial charge < -0.3 is 19.5 Å². The third-order valence-electron chi connectivity index (χ3n) is 6.84. The summed E-state index contributed by atoms with van der Waals surface area (Å²) >= 11 is 0. The summed E-state index contributed by atoms with van der Waals surface area (Å²) < 4.78 is 12.4. The summed E-state index contributed by atoms with van der Waals surface area (Å²) in [7, 11) is 0. The normalized spacial score (nSPS) is 22.1. The van der Waals surface area contributed by atoms with Crippen molar-refractivity contribution in [3.05, 3.63) is 59.2 Å². The molecule has 1 aliphatic carbocycles. The number of aliphatic carboxylic acids is 1. The molecule has 5 heteroatoms. The van der Waals surface area contributed by atoms with Crippen LogP contribution in [-0.2, 0) is 16.6 Å². The van der Waals surface area contributed by atoms with Crippen LogP contribution in [0.1, 0.15) is 48.5 Å². The predicted octanol–water partition coefficient (Wildman–Crippen LogP) is 3.95. The Bertz CT molecular complexity index is 917. The SMILES string of the molecule is O=C(O)CCN1CCC2(CC1)COc1cc(O[C@H]3CCc4ccccc43)ccc12. The smallest absolute Gasteiger partial charge is 0.304 e. The van der Waals surface area contributed by atoms with E-state index in [1.165, 1.54) is 16.7 Å². The van der Waals surface area contributed by atoms with E-state index >= 15 is 0 Å². The van der Waals surface area contributed by atoms with Gasteiger partial charge in [0.1, 0.15) is 17.6 Å². The van der Waals surface area contributed by atoms with Crippen LogP contribution in [-0.4, -0.2) is 42.2 Å². The first-order chi connectivity index (χ1) is 14.1. The molecule has 2 aromatic carbocycles. The van der Waals surface area contributed by atoms with Gasteiger partial charge >= 0.3 is 5.97 Å². The molecule has 1 atom stereocenters. The summed E-state index contributed by atoms with van der Waals surface area (Å²) in [4.78, 5) is 13.1. The summed E-state index contributed by atoms with van der Waals surface area (Å²) in [5, 5.41) is 8.90. The van der Waals surface area contributed by atoms with E-state index in [2.05, 4.69) is 47.4 Å². The van der Waals surface area contributed by atoms with Gasteiger partial charge in [-0.1, -0.05) is 30.3 Å². The second-order valence-electron chi connectivity index (χ2n) is 8.56. The lowest BCUT2D eigenvalue weighted by atomic mass is 9.74. The minimum absolute atomic E-state index is 0.0630. The molecule has 5 rings (SSSR count). The number of carbonyl (C=O) groups is 1. The number of hydrogen-bond acceptors (Lipinski definition) is 4. The second-order valence-corrected chi connectivity index (χ2v) is 8.56. The number of hydrogen-bond donors (Lipinski definition) is 1. The van der Waals surface area contributed by atoms with Crippen molar-refractivity contribution in [1.29, 1.82) is 0 Å². The van der Waals surface area contributed by atoms with Crippen LogP contribution in [0.2, 0.25) is 0 Å². The maximum absolute atomic E-state index is 10.8. The molecule has 1 fully saturated rings. The van der Waals surface area contributed by atoms with Gasteiger partial charge in [-0.05, 0) is 56.0 Å². The van der Waals surface area contributed by atoms with Crippen molar-refractivity contribution < 1.29 is 19.4 Å². The summed E-state index contributed by atoms with van der Waals surface area (Å²) in [5.41, 5.74) is 4.05. The van der Waals surface area contributed by atoms with Gasteiger partial charge in [0.25, 0.3) is 0 Å². The summed E-state index contributed by atoms with van der Waals surface area (Å²) in [6.07, 6.45) is 4.45. The lowest BCUT2D eigenvalue weighted by Crippen LogP contribution is -2.44. The first-order valence-electron chi connectivity index (χ1n) is 10.6. The van der Waals surface area contributed by atoms with E-state index in [0.29, 0.717) is 13.2 Å². The lowest BCUT2D eigenvalue weighted by Gasteiger charge is -2.38. The molecule has 0 radical (unpaired) electrons. The number of rotatable bonds is 5. The van der Waals surface area contributed by atoms with Crippen LogP contribution in [0.4, 0.5) is 0 Å². The van der Waals surface area contributed by atoms with Gasteiger partial charge in [-0.25, -0.2) is 0 Å². The zero-order chi connectivity index (χ0) is 19.8. The van der Waals surface area contributed by atoms with Crippen LogP contribution in [0.3, 0.4) is 0 Å². The van der Waals surface area contributed by atoms with Crippen LogP contribution >= 0.6 is 0 Å². The van der Waals surface area contributed by atoms with E-state index in [9.17, 15) is 4.79 Å². The molecule has 1 spiro atoms. The number of ether oxygens (including phenoxy) is 2. The fourth-order valence-corrected chi connectivity index (χ4v) is 5.10. The van der Waals surface area contributed by atoms with Gasteiger partial charge in [0, 0.05) is 23.6 Å². The zero-order valence-electron chi connectivity index (χ0n) is 16.6. The van der Waals surface area contributed by atoms with E-state index in [4.69, 9.17) is 14.6 Å². The zero-order valence-corrected chi connectivity index (χ0v) is 16.6. The van der Waals surface area contributed by atoms with Crippen molar-refractivity contribution in [3.8, 4) is 11.5 Å². The van der Waals surface area contributed by atoms with Crippen molar-refractivity contribution in [2.24, 2.45) is 0 Å². The number of likely N-dealkylation sites (tertiary alicyclic amines) is 1. The summed E-state index contributed by atoms with van der Waals surface area (Å²) in [6, 6.07) is 14.9. The standard InChI is InChI=1S/C24H27NO4/c26-23(27)9-12-25-13-10-24(11-14-25)16-28-22-15-18(6-7-20(22)24)29-21-8-5-17-3-1-2-4-19(17)21/h1-4,6-7,15,21H,5,8-14,16H2,(H,26,27)/t21-/m0/s1. The van der Waals surface area contributed by atoms with Crippen molar-refractivity contribution >= 4 is 5.97 Å². The molecule has 152 valence electrons. The maximum Gasteiger partial charge on any atom is 0.304 e. The molecule has 2 aromatic rings. The highest BCUT2D eigenvalue weighted by molar-refractivity contribution is 5.66. The number of carboxylic acid groups (broad SMARTS) is 1. The Hall–Kier alpha value is -2.53. The van der Waals surface area contributed by atoms with Gasteiger partial charge in [0.2, 0.25) is 0 Å². The highest BCUT2D eigenvalue weighted by atomic mass is 16.5. The Kier molecular flexibility index (Phi) is 4.70. The molecular formula is C24H27NO4. The molecule has 2 aliphatic heterocycles. The highest BCUT2D eigenvalue weighted by Crippen LogP contribution is 2.47. The molecule has 0 bridgehead atoms. The fourth-order valence-electron chi connectivity index (χ4n) is 5.10. The largest absolute Gasteiger partial charge is 0.492 e. The van der Waals surface area contributed by atoms with Crippen LogP contribution in [0.5, 0.6) is 11.5 Å². The Morgan fingerprint density at radius 3 is 2.86 bits per heavy atom. The summed E-state index contributed by atoms with van der Waals surface area (Å²) in [5.74, 6) is 1.10. The van der Waals surface area contributed by atoms with Crippen LogP contribution in [0.15, 0.2) is 42.5 Å². The monoisotopic (exact) mass is 393 g/mol. The van der Waals surface area contributed by atoms with E-state index in [1.807, 2.05) is 0 Å². The van der Waals surface area contributed by atoms with Gasteiger partial charge in [-0.2, -0.15) is 0 Å². The molecule has 2 heterocycles. The molecule has 0 saturated carbocycles. The molecule has 29 heavy (non-hydrogen) atoms. The molecule has 3 aliphatic rings. The van der Waals surface area contributed by atoms with Crippen molar-refractivity contribution in [2.45, 2.75) is 43.6 Å². The number of fused-ring (bicyclic) bond motifs is 3. The molecule has 1 saturated heterocycles. The summed E-state index contributed by atoms with van der Waals surface area (Å²) in [6.45, 7) is 3.19. The van der Waals surface area contributed by atoms with Crippen molar-refractivity contribution in [3.63, 3.8) is 0 Å². The third kappa shape index (κ3) is 3.48. The fraction of sp³-hybridized carbons (Fsp3) is 0.458.